The van der Waals surface area contributed by atoms with E-state index in [0.29, 0.717) is 47.4 Å². The van der Waals surface area contributed by atoms with Crippen LogP contribution in [0, 0.1) is 20.8 Å². The van der Waals surface area contributed by atoms with Gasteiger partial charge in [-0.3, -0.25) is 14.4 Å². The van der Waals surface area contributed by atoms with Crippen molar-refractivity contribution in [2.24, 2.45) is 7.05 Å². The second kappa shape index (κ2) is 8.83. The van der Waals surface area contributed by atoms with Crippen LogP contribution in [0.2, 0.25) is 0 Å². The van der Waals surface area contributed by atoms with Gasteiger partial charge >= 0.3 is 0 Å². The number of morpholine rings is 1. The van der Waals surface area contributed by atoms with Gasteiger partial charge in [0, 0.05) is 33.1 Å². The summed E-state index contributed by atoms with van der Waals surface area (Å²) >= 11 is 1.18. The molecule has 0 atom stereocenters. The van der Waals surface area contributed by atoms with Gasteiger partial charge in [-0.05, 0) is 26.3 Å². The Labute approximate surface area is 172 Å². The van der Waals surface area contributed by atoms with Crippen LogP contribution in [0.4, 0.5) is 0 Å². The third-order valence-corrected chi connectivity index (χ3v) is 6.10. The van der Waals surface area contributed by atoms with Gasteiger partial charge in [-0.2, -0.15) is 5.10 Å². The molecule has 1 fully saturated rings. The van der Waals surface area contributed by atoms with Gasteiger partial charge in [-0.1, -0.05) is 0 Å². The highest BCUT2D eigenvalue weighted by Crippen LogP contribution is 2.28. The zero-order valence-electron chi connectivity index (χ0n) is 17.1. The molecule has 1 saturated heterocycles. The normalized spacial score (nSPS) is 14.1. The van der Waals surface area contributed by atoms with Crippen molar-refractivity contribution in [2.75, 3.05) is 32.8 Å². The number of aryl methyl sites for hydroxylation is 3. The fourth-order valence-corrected chi connectivity index (χ4v) is 4.23. The molecule has 0 spiro atoms. The first-order chi connectivity index (χ1) is 13.8. The van der Waals surface area contributed by atoms with E-state index < -0.39 is 0 Å². The number of hydrogen-bond donors (Lipinski definition) is 1. The quantitative estimate of drug-likeness (QED) is 0.769. The summed E-state index contributed by atoms with van der Waals surface area (Å²) in [5, 5.41) is 7.46. The Morgan fingerprint density at radius 1 is 1.17 bits per heavy atom. The van der Waals surface area contributed by atoms with Crippen LogP contribution < -0.4 is 10.9 Å². The molecule has 0 aliphatic carbocycles. The standard InChI is InChI=1S/C19H25N5O4S/c1-11-12(2)22-23(4)19(27)15(11)18-21-13(3)16(29-18)17(26)20-6-5-14(25)24-7-9-28-10-8-24/h5-10H2,1-4H3,(H,20,26). The number of thiazole rings is 1. The first kappa shape index (κ1) is 21.1. The molecule has 1 aliphatic heterocycles. The lowest BCUT2D eigenvalue weighted by atomic mass is 10.1. The highest BCUT2D eigenvalue weighted by Gasteiger charge is 2.22. The Bertz CT molecular complexity index is 991. The average molecular weight is 420 g/mol. The van der Waals surface area contributed by atoms with Crippen LogP contribution in [0.1, 0.15) is 33.0 Å². The highest BCUT2D eigenvalue weighted by atomic mass is 32.1. The van der Waals surface area contributed by atoms with Crippen molar-refractivity contribution >= 4 is 23.2 Å². The monoisotopic (exact) mass is 419 g/mol. The average Bonchev–Trinajstić information content (AvgIpc) is 3.08. The Kier molecular flexibility index (Phi) is 6.43. The molecule has 0 radical (unpaired) electrons. The molecule has 2 aromatic heterocycles. The molecule has 1 aliphatic rings. The number of nitrogens with one attached hydrogen (secondary N) is 1. The number of hydrogen-bond acceptors (Lipinski definition) is 7. The maximum absolute atomic E-state index is 12.6. The largest absolute Gasteiger partial charge is 0.378 e. The van der Waals surface area contributed by atoms with Crippen molar-refractivity contribution in [1.82, 2.24) is 25.0 Å². The van der Waals surface area contributed by atoms with E-state index in [9.17, 15) is 14.4 Å². The SMILES string of the molecule is Cc1nc(-c2c(C)c(C)nn(C)c2=O)sc1C(=O)NCCC(=O)N1CCOCC1. The van der Waals surface area contributed by atoms with E-state index >= 15 is 0 Å². The summed E-state index contributed by atoms with van der Waals surface area (Å²) < 4.78 is 6.52. The molecule has 0 aromatic carbocycles. The molecule has 3 rings (SSSR count). The Morgan fingerprint density at radius 3 is 2.55 bits per heavy atom. The van der Waals surface area contributed by atoms with Gasteiger partial charge in [0.1, 0.15) is 9.88 Å². The molecule has 0 saturated carbocycles. The Morgan fingerprint density at radius 2 is 1.86 bits per heavy atom. The molecule has 29 heavy (non-hydrogen) atoms. The Hall–Kier alpha value is -2.59. The molecule has 0 bridgehead atoms. The van der Waals surface area contributed by atoms with Crippen molar-refractivity contribution in [1.29, 1.82) is 0 Å². The number of rotatable bonds is 5. The van der Waals surface area contributed by atoms with Gasteiger partial charge < -0.3 is 15.0 Å². The summed E-state index contributed by atoms with van der Waals surface area (Å²) in [6.07, 6.45) is 0.236. The molecule has 2 amide bonds. The molecule has 1 N–H and O–H groups in total. The summed E-state index contributed by atoms with van der Waals surface area (Å²) in [6, 6.07) is 0. The van der Waals surface area contributed by atoms with Crippen LogP contribution in [0.3, 0.4) is 0 Å². The number of amides is 2. The summed E-state index contributed by atoms with van der Waals surface area (Å²) in [5.74, 6) is -0.289. The fourth-order valence-electron chi connectivity index (χ4n) is 3.15. The van der Waals surface area contributed by atoms with E-state index in [1.807, 2.05) is 13.8 Å². The second-order valence-corrected chi connectivity index (χ2v) is 7.95. The van der Waals surface area contributed by atoms with E-state index in [1.165, 1.54) is 16.0 Å². The minimum absolute atomic E-state index is 0.00157. The van der Waals surface area contributed by atoms with Crippen LogP contribution in [-0.4, -0.2) is 64.3 Å². The number of ether oxygens (including phenoxy) is 1. The number of carbonyl (C=O) groups is 2. The molecule has 9 nitrogen and oxygen atoms in total. The van der Waals surface area contributed by atoms with Crippen molar-refractivity contribution < 1.29 is 14.3 Å². The van der Waals surface area contributed by atoms with Gasteiger partial charge in [-0.15, -0.1) is 11.3 Å². The lowest BCUT2D eigenvalue weighted by Gasteiger charge is -2.26. The van der Waals surface area contributed by atoms with E-state index in [4.69, 9.17) is 4.74 Å². The van der Waals surface area contributed by atoms with Gasteiger partial charge in [0.25, 0.3) is 11.5 Å². The predicted molar refractivity (Wildman–Crippen MR) is 109 cm³/mol. The fraction of sp³-hybridized carbons (Fsp3) is 0.526. The van der Waals surface area contributed by atoms with E-state index in [2.05, 4.69) is 15.4 Å². The number of aromatic nitrogens is 3. The summed E-state index contributed by atoms with van der Waals surface area (Å²) in [5.41, 5.74) is 2.27. The molecule has 3 heterocycles. The first-order valence-electron chi connectivity index (χ1n) is 9.45. The molecular weight excluding hydrogens is 394 g/mol. The molecule has 10 heteroatoms. The summed E-state index contributed by atoms with van der Waals surface area (Å²) in [6.45, 7) is 7.92. The van der Waals surface area contributed by atoms with Crippen LogP contribution in [-0.2, 0) is 16.6 Å². The van der Waals surface area contributed by atoms with Gasteiger partial charge in [0.2, 0.25) is 5.91 Å². The zero-order chi connectivity index (χ0) is 21.1. The predicted octanol–water partition coefficient (Wildman–Crippen LogP) is 0.808. The lowest BCUT2D eigenvalue weighted by molar-refractivity contribution is -0.135. The van der Waals surface area contributed by atoms with Crippen molar-refractivity contribution in [2.45, 2.75) is 27.2 Å². The topological polar surface area (TPSA) is 106 Å². The minimum Gasteiger partial charge on any atom is -0.378 e. The summed E-state index contributed by atoms with van der Waals surface area (Å²) in [7, 11) is 1.60. The third kappa shape index (κ3) is 4.54. The molecule has 156 valence electrons. The second-order valence-electron chi connectivity index (χ2n) is 6.95. The maximum atomic E-state index is 12.6. The van der Waals surface area contributed by atoms with Crippen molar-refractivity contribution in [3.05, 3.63) is 32.2 Å². The molecular formula is C19H25N5O4S. The highest BCUT2D eigenvalue weighted by molar-refractivity contribution is 7.17. The number of carbonyl (C=O) groups excluding carboxylic acids is 2. The smallest absolute Gasteiger partial charge is 0.277 e. The van der Waals surface area contributed by atoms with Crippen molar-refractivity contribution in [3.8, 4) is 10.6 Å². The molecule has 0 unspecified atom stereocenters. The zero-order valence-corrected chi connectivity index (χ0v) is 17.9. The van der Waals surface area contributed by atoms with E-state index in [-0.39, 0.29) is 30.3 Å². The minimum atomic E-state index is -0.290. The van der Waals surface area contributed by atoms with Gasteiger partial charge in [-0.25, -0.2) is 9.67 Å². The van der Waals surface area contributed by atoms with Crippen LogP contribution in [0.5, 0.6) is 0 Å². The van der Waals surface area contributed by atoms with Crippen LogP contribution in [0.15, 0.2) is 4.79 Å². The summed E-state index contributed by atoms with van der Waals surface area (Å²) in [4.78, 5) is 43.9. The van der Waals surface area contributed by atoms with Gasteiger partial charge in [0.15, 0.2) is 0 Å². The number of nitrogens with zero attached hydrogens (tertiary/aromatic N) is 4. The first-order valence-corrected chi connectivity index (χ1v) is 10.3. The van der Waals surface area contributed by atoms with Crippen molar-refractivity contribution in [3.63, 3.8) is 0 Å². The lowest BCUT2D eigenvalue weighted by Crippen LogP contribution is -2.42. The van der Waals surface area contributed by atoms with Gasteiger partial charge in [0.05, 0.1) is 30.2 Å². The van der Waals surface area contributed by atoms with E-state index in [1.54, 1.807) is 18.9 Å². The van der Waals surface area contributed by atoms with Crippen LogP contribution in [0.25, 0.3) is 10.6 Å². The van der Waals surface area contributed by atoms with Crippen LogP contribution >= 0.6 is 11.3 Å². The maximum Gasteiger partial charge on any atom is 0.277 e. The van der Waals surface area contributed by atoms with E-state index in [0.717, 1.165) is 11.3 Å². The molecule has 2 aromatic rings. The Balaban J connectivity index is 1.70. The third-order valence-electron chi connectivity index (χ3n) is 4.93.